The summed E-state index contributed by atoms with van der Waals surface area (Å²) in [5, 5.41) is 2.70. The van der Waals surface area contributed by atoms with Crippen LogP contribution in [-0.2, 0) is 26.1 Å². The number of rotatable bonds is 8. The van der Waals surface area contributed by atoms with Gasteiger partial charge in [0.25, 0.3) is 5.91 Å². The first-order chi connectivity index (χ1) is 14.0. The maximum absolute atomic E-state index is 12.6. The Balaban J connectivity index is 1.52. The highest BCUT2D eigenvalue weighted by Crippen LogP contribution is 2.18. The van der Waals surface area contributed by atoms with Gasteiger partial charge >= 0.3 is 0 Å². The Morgan fingerprint density at radius 2 is 1.79 bits per heavy atom. The van der Waals surface area contributed by atoms with E-state index in [2.05, 4.69) is 5.32 Å². The Morgan fingerprint density at radius 3 is 2.48 bits per heavy atom. The molecule has 0 spiro atoms. The van der Waals surface area contributed by atoms with Gasteiger partial charge in [-0.05, 0) is 29.8 Å². The van der Waals surface area contributed by atoms with E-state index >= 15 is 0 Å². The molecule has 2 aromatic rings. The number of hydrogen-bond donors (Lipinski definition) is 1. The maximum Gasteiger partial charge on any atom is 0.258 e. The van der Waals surface area contributed by atoms with Gasteiger partial charge in [-0.15, -0.1) is 0 Å². The van der Waals surface area contributed by atoms with Crippen LogP contribution in [0.15, 0.2) is 53.4 Å². The van der Waals surface area contributed by atoms with Crippen molar-refractivity contribution < 1.29 is 27.5 Å². The lowest BCUT2D eigenvalue weighted by Crippen LogP contribution is -2.40. The molecule has 0 atom stereocenters. The number of carbonyl (C=O) groups is 2. The molecule has 29 heavy (non-hydrogen) atoms. The first kappa shape index (κ1) is 21.0. The van der Waals surface area contributed by atoms with Crippen LogP contribution in [0, 0.1) is 0 Å². The lowest BCUT2D eigenvalue weighted by atomic mass is 10.2. The van der Waals surface area contributed by atoms with Gasteiger partial charge in [-0.1, -0.05) is 24.3 Å². The lowest BCUT2D eigenvalue weighted by Gasteiger charge is -2.26. The van der Waals surface area contributed by atoms with E-state index in [1.54, 1.807) is 36.4 Å². The van der Waals surface area contributed by atoms with Gasteiger partial charge in [0.05, 0.1) is 23.7 Å². The summed E-state index contributed by atoms with van der Waals surface area (Å²) in [6.45, 7) is 1.47. The van der Waals surface area contributed by atoms with Crippen LogP contribution in [0.4, 0.5) is 0 Å². The van der Waals surface area contributed by atoms with Crippen LogP contribution in [0.3, 0.4) is 0 Å². The normalized spacial score (nSPS) is 14.9. The fourth-order valence-electron chi connectivity index (χ4n) is 2.82. The van der Waals surface area contributed by atoms with Crippen molar-refractivity contribution in [3.63, 3.8) is 0 Å². The molecule has 1 heterocycles. The number of sulfonamides is 1. The van der Waals surface area contributed by atoms with Gasteiger partial charge in [0.2, 0.25) is 10.0 Å². The maximum atomic E-state index is 12.6. The third-order valence-corrected chi connectivity index (χ3v) is 6.34. The summed E-state index contributed by atoms with van der Waals surface area (Å²) in [5.41, 5.74) is 1.13. The van der Waals surface area contributed by atoms with Crippen LogP contribution in [0.2, 0.25) is 0 Å². The van der Waals surface area contributed by atoms with E-state index in [0.29, 0.717) is 43.9 Å². The largest absolute Gasteiger partial charge is 0.483 e. The summed E-state index contributed by atoms with van der Waals surface area (Å²) < 4.78 is 37.2. The minimum atomic E-state index is -3.54. The van der Waals surface area contributed by atoms with Gasteiger partial charge < -0.3 is 14.8 Å². The molecule has 154 valence electrons. The third-order valence-electron chi connectivity index (χ3n) is 4.43. The van der Waals surface area contributed by atoms with Crippen molar-refractivity contribution in [2.24, 2.45) is 0 Å². The topological polar surface area (TPSA) is 102 Å². The Hall–Kier alpha value is -2.75. The molecule has 0 aliphatic carbocycles. The van der Waals surface area contributed by atoms with Crippen molar-refractivity contribution in [2.45, 2.75) is 11.4 Å². The quantitative estimate of drug-likeness (QED) is 0.647. The van der Waals surface area contributed by atoms with E-state index < -0.39 is 10.0 Å². The summed E-state index contributed by atoms with van der Waals surface area (Å²) in [5.74, 6) is -0.00830. The zero-order valence-corrected chi connectivity index (χ0v) is 16.6. The van der Waals surface area contributed by atoms with Crippen LogP contribution in [0.25, 0.3) is 0 Å². The van der Waals surface area contributed by atoms with Crippen molar-refractivity contribution in [1.82, 2.24) is 9.62 Å². The second-order valence-corrected chi connectivity index (χ2v) is 8.32. The molecule has 9 heteroatoms. The molecule has 1 N–H and O–H groups in total. The smallest absolute Gasteiger partial charge is 0.258 e. The fourth-order valence-corrected chi connectivity index (χ4v) is 4.23. The first-order valence-corrected chi connectivity index (χ1v) is 10.6. The van der Waals surface area contributed by atoms with Crippen molar-refractivity contribution in [2.75, 3.05) is 32.9 Å². The molecule has 0 saturated carbocycles. The highest BCUT2D eigenvalue weighted by Gasteiger charge is 2.26. The molecule has 0 aromatic heterocycles. The molecule has 3 rings (SSSR count). The van der Waals surface area contributed by atoms with Gasteiger partial charge in [0, 0.05) is 19.6 Å². The molecule has 2 aromatic carbocycles. The molecule has 1 fully saturated rings. The lowest BCUT2D eigenvalue weighted by molar-refractivity contribution is -0.123. The Kier molecular flexibility index (Phi) is 6.97. The standard InChI is InChI=1S/C20H22N2O6S/c23-14-17-3-1-2-4-19(17)28-15-20(24)21-13-16-5-7-18(8-6-16)29(25,26)22-9-11-27-12-10-22/h1-8,14H,9-13,15H2,(H,21,24). The molecule has 0 radical (unpaired) electrons. The molecular formula is C20H22N2O6S. The summed E-state index contributed by atoms with van der Waals surface area (Å²) in [6.07, 6.45) is 0.666. The minimum absolute atomic E-state index is 0.211. The molecular weight excluding hydrogens is 396 g/mol. The van der Waals surface area contributed by atoms with Crippen LogP contribution >= 0.6 is 0 Å². The Bertz CT molecular complexity index is 953. The molecule has 1 aliphatic rings. The predicted molar refractivity (Wildman–Crippen MR) is 105 cm³/mol. The van der Waals surface area contributed by atoms with Gasteiger partial charge in [0.15, 0.2) is 12.9 Å². The van der Waals surface area contributed by atoms with Gasteiger partial charge in [0.1, 0.15) is 5.75 Å². The first-order valence-electron chi connectivity index (χ1n) is 9.11. The SMILES string of the molecule is O=Cc1ccccc1OCC(=O)NCc1ccc(S(=O)(=O)N2CCOCC2)cc1. The predicted octanol–water partition coefficient (Wildman–Crippen LogP) is 1.22. The van der Waals surface area contributed by atoms with E-state index in [0.717, 1.165) is 5.56 Å². The summed E-state index contributed by atoms with van der Waals surface area (Å²) >= 11 is 0. The number of morpholine rings is 1. The van der Waals surface area contributed by atoms with E-state index in [1.165, 1.54) is 16.4 Å². The summed E-state index contributed by atoms with van der Waals surface area (Å²) in [4.78, 5) is 23.1. The van der Waals surface area contributed by atoms with Crippen molar-refractivity contribution in [3.8, 4) is 5.75 Å². The average Bonchev–Trinajstić information content (AvgIpc) is 2.77. The van der Waals surface area contributed by atoms with Crippen molar-refractivity contribution >= 4 is 22.2 Å². The second kappa shape index (κ2) is 9.64. The van der Waals surface area contributed by atoms with Crippen LogP contribution in [-0.4, -0.2) is 57.8 Å². The number of aldehydes is 1. The molecule has 1 amide bonds. The van der Waals surface area contributed by atoms with Gasteiger partial charge in [-0.3, -0.25) is 9.59 Å². The summed E-state index contributed by atoms with van der Waals surface area (Å²) in [7, 11) is -3.54. The molecule has 8 nitrogen and oxygen atoms in total. The monoisotopic (exact) mass is 418 g/mol. The van der Waals surface area contributed by atoms with Crippen LogP contribution < -0.4 is 10.1 Å². The minimum Gasteiger partial charge on any atom is -0.483 e. The number of hydrogen-bond acceptors (Lipinski definition) is 6. The molecule has 1 saturated heterocycles. The highest BCUT2D eigenvalue weighted by atomic mass is 32.2. The van der Waals surface area contributed by atoms with E-state index in [-0.39, 0.29) is 24.0 Å². The Labute approximate surface area is 169 Å². The fraction of sp³-hybridized carbons (Fsp3) is 0.300. The van der Waals surface area contributed by atoms with Gasteiger partial charge in [-0.25, -0.2) is 8.42 Å². The van der Waals surface area contributed by atoms with E-state index in [1.807, 2.05) is 0 Å². The highest BCUT2D eigenvalue weighted by molar-refractivity contribution is 7.89. The number of carbonyl (C=O) groups excluding carboxylic acids is 2. The number of nitrogens with one attached hydrogen (secondary N) is 1. The number of nitrogens with zero attached hydrogens (tertiary/aromatic N) is 1. The third kappa shape index (κ3) is 5.41. The van der Waals surface area contributed by atoms with Crippen LogP contribution in [0.5, 0.6) is 5.75 Å². The summed E-state index contributed by atoms with van der Waals surface area (Å²) in [6, 6.07) is 13.0. The molecule has 1 aliphatic heterocycles. The average molecular weight is 418 g/mol. The number of amides is 1. The number of benzene rings is 2. The Morgan fingerprint density at radius 1 is 1.10 bits per heavy atom. The number of para-hydroxylation sites is 1. The second-order valence-electron chi connectivity index (χ2n) is 6.38. The van der Waals surface area contributed by atoms with E-state index in [9.17, 15) is 18.0 Å². The number of ether oxygens (including phenoxy) is 2. The van der Waals surface area contributed by atoms with Gasteiger partial charge in [-0.2, -0.15) is 4.31 Å². The zero-order valence-electron chi connectivity index (χ0n) is 15.7. The molecule has 0 unspecified atom stereocenters. The van der Waals surface area contributed by atoms with Crippen LogP contribution in [0.1, 0.15) is 15.9 Å². The van der Waals surface area contributed by atoms with Crippen molar-refractivity contribution in [1.29, 1.82) is 0 Å². The van der Waals surface area contributed by atoms with E-state index in [4.69, 9.17) is 9.47 Å². The zero-order chi connectivity index (χ0) is 20.7. The molecule has 0 bridgehead atoms. The van der Waals surface area contributed by atoms with Crippen molar-refractivity contribution in [3.05, 3.63) is 59.7 Å².